The fourth-order valence-corrected chi connectivity index (χ4v) is 4.67. The predicted octanol–water partition coefficient (Wildman–Crippen LogP) is 5.68. The summed E-state index contributed by atoms with van der Waals surface area (Å²) in [5, 5.41) is 14.4. The van der Waals surface area contributed by atoms with Crippen LogP contribution in [0.4, 0.5) is 0 Å². The van der Waals surface area contributed by atoms with Crippen molar-refractivity contribution in [3.05, 3.63) is 76.4 Å². The van der Waals surface area contributed by atoms with Crippen LogP contribution >= 0.6 is 11.6 Å². The maximum Gasteiger partial charge on any atom is 0.335 e. The third-order valence-corrected chi connectivity index (χ3v) is 6.81. The van der Waals surface area contributed by atoms with Gasteiger partial charge in [0.25, 0.3) is 5.91 Å². The van der Waals surface area contributed by atoms with E-state index < -0.39 is 5.97 Å². The van der Waals surface area contributed by atoms with Gasteiger partial charge in [-0.3, -0.25) is 14.3 Å². The molecule has 1 atom stereocenters. The van der Waals surface area contributed by atoms with E-state index in [9.17, 15) is 14.4 Å². The largest absolute Gasteiger partial charge is 0.478 e. The van der Waals surface area contributed by atoms with Crippen LogP contribution in [0.5, 0.6) is 0 Å². The lowest BCUT2D eigenvalue weighted by Gasteiger charge is -2.33. The number of Topliss-reactive ketones (excluding diaryl/α,β-unsaturated/α-hetero) is 1. The molecule has 0 bridgehead atoms. The lowest BCUT2D eigenvalue weighted by Crippen LogP contribution is -2.45. The van der Waals surface area contributed by atoms with Gasteiger partial charge in [0.1, 0.15) is 5.69 Å². The third-order valence-electron chi connectivity index (χ3n) is 6.56. The SMILES string of the molecule is CCCCCC1CN(CC(=O)CCc2ccc(C(=O)O)cc2)C(=O)c2cc(-c3ccc(Cl)cc3)nn21. The molecule has 1 N–H and O–H groups in total. The van der Waals surface area contributed by atoms with Crippen molar-refractivity contribution < 1.29 is 19.5 Å². The summed E-state index contributed by atoms with van der Waals surface area (Å²) >= 11 is 6.03. The molecule has 0 saturated heterocycles. The van der Waals surface area contributed by atoms with Gasteiger partial charge in [0.05, 0.1) is 23.8 Å². The van der Waals surface area contributed by atoms with Crippen molar-refractivity contribution in [2.45, 2.75) is 51.5 Å². The summed E-state index contributed by atoms with van der Waals surface area (Å²) < 4.78 is 1.84. The molecule has 1 aromatic heterocycles. The van der Waals surface area contributed by atoms with Gasteiger partial charge in [0.15, 0.2) is 5.78 Å². The van der Waals surface area contributed by atoms with E-state index in [1.54, 1.807) is 35.2 Å². The Hall–Kier alpha value is -3.45. The summed E-state index contributed by atoms with van der Waals surface area (Å²) in [6.45, 7) is 2.66. The van der Waals surface area contributed by atoms with Crippen LogP contribution in [0.2, 0.25) is 5.02 Å². The van der Waals surface area contributed by atoms with Crippen molar-refractivity contribution in [2.75, 3.05) is 13.1 Å². The molecular formula is C28H30ClN3O4. The third kappa shape index (κ3) is 6.02. The van der Waals surface area contributed by atoms with Gasteiger partial charge in [0.2, 0.25) is 0 Å². The fraction of sp³-hybridized carbons (Fsp3) is 0.357. The van der Waals surface area contributed by atoms with Gasteiger partial charge in [-0.1, -0.05) is 62.1 Å². The summed E-state index contributed by atoms with van der Waals surface area (Å²) in [5.41, 5.74) is 3.21. The van der Waals surface area contributed by atoms with Crippen molar-refractivity contribution in [1.29, 1.82) is 0 Å². The first-order valence-electron chi connectivity index (χ1n) is 12.3. The number of aromatic carboxylic acids is 1. The van der Waals surface area contributed by atoms with Crippen LogP contribution in [0.15, 0.2) is 54.6 Å². The molecule has 0 spiro atoms. The highest BCUT2D eigenvalue weighted by Crippen LogP contribution is 2.30. The quantitative estimate of drug-likeness (QED) is 0.337. The highest BCUT2D eigenvalue weighted by atomic mass is 35.5. The molecule has 3 aromatic rings. The molecule has 1 aliphatic rings. The first-order valence-corrected chi connectivity index (χ1v) is 12.7. The van der Waals surface area contributed by atoms with E-state index >= 15 is 0 Å². The molecule has 1 unspecified atom stereocenters. The van der Waals surface area contributed by atoms with Crippen molar-refractivity contribution in [2.24, 2.45) is 0 Å². The van der Waals surface area contributed by atoms with Crippen LogP contribution < -0.4 is 0 Å². The van der Waals surface area contributed by atoms with Crippen LogP contribution in [-0.2, 0) is 11.2 Å². The Balaban J connectivity index is 1.47. The lowest BCUT2D eigenvalue weighted by atomic mass is 10.0. The van der Waals surface area contributed by atoms with E-state index in [1.807, 2.05) is 16.8 Å². The number of aryl methyl sites for hydroxylation is 1. The van der Waals surface area contributed by atoms with Gasteiger partial charge < -0.3 is 10.0 Å². The second-order valence-corrected chi connectivity index (χ2v) is 9.68. The lowest BCUT2D eigenvalue weighted by molar-refractivity contribution is -0.120. The maximum atomic E-state index is 13.3. The smallest absolute Gasteiger partial charge is 0.335 e. The molecule has 36 heavy (non-hydrogen) atoms. The van der Waals surface area contributed by atoms with Crippen LogP contribution in [-0.4, -0.2) is 50.5 Å². The number of unbranched alkanes of at least 4 members (excludes halogenated alkanes) is 2. The Morgan fingerprint density at radius 3 is 2.47 bits per heavy atom. The Morgan fingerprint density at radius 1 is 1.08 bits per heavy atom. The highest BCUT2D eigenvalue weighted by Gasteiger charge is 2.33. The molecule has 4 rings (SSSR count). The first kappa shape index (κ1) is 25.6. The number of carbonyl (C=O) groups excluding carboxylic acids is 2. The molecule has 7 nitrogen and oxygen atoms in total. The van der Waals surface area contributed by atoms with Crippen molar-refractivity contribution >= 4 is 29.3 Å². The van der Waals surface area contributed by atoms with Crippen LogP contribution in [0.3, 0.4) is 0 Å². The summed E-state index contributed by atoms with van der Waals surface area (Å²) in [6, 6.07) is 15.7. The standard InChI is InChI=1S/C28H30ClN3O4/c1-2-3-4-5-23-17-31(18-24(33)15-8-19-6-9-21(10-7-19)28(35)36)27(34)26-16-25(30-32(23)26)20-11-13-22(29)14-12-20/h6-7,9-14,16,23H,2-5,8,15,17-18H2,1H3,(H,35,36). The number of ketones is 1. The second-order valence-electron chi connectivity index (χ2n) is 9.24. The Bertz CT molecular complexity index is 1230. The summed E-state index contributed by atoms with van der Waals surface area (Å²) in [5.74, 6) is -1.19. The summed E-state index contributed by atoms with van der Waals surface area (Å²) in [7, 11) is 0. The van der Waals surface area contributed by atoms with E-state index in [0.29, 0.717) is 29.4 Å². The number of carboxylic acids is 1. The number of fused-ring (bicyclic) bond motifs is 1. The second kappa shape index (κ2) is 11.5. The monoisotopic (exact) mass is 507 g/mol. The zero-order valence-corrected chi connectivity index (χ0v) is 21.1. The van der Waals surface area contributed by atoms with E-state index in [-0.39, 0.29) is 36.3 Å². The normalized spacial score (nSPS) is 15.1. The van der Waals surface area contributed by atoms with E-state index in [0.717, 1.165) is 36.8 Å². The molecular weight excluding hydrogens is 478 g/mol. The molecule has 188 valence electrons. The van der Waals surface area contributed by atoms with Gasteiger partial charge in [-0.2, -0.15) is 5.10 Å². The van der Waals surface area contributed by atoms with Crippen LogP contribution in [0.25, 0.3) is 11.3 Å². The minimum atomic E-state index is -0.979. The molecule has 8 heteroatoms. The average molecular weight is 508 g/mol. The Kier molecular flexibility index (Phi) is 8.21. The van der Waals surface area contributed by atoms with E-state index in [4.69, 9.17) is 21.8 Å². The van der Waals surface area contributed by atoms with Gasteiger partial charge in [0, 0.05) is 23.6 Å². The molecule has 0 radical (unpaired) electrons. The molecule has 0 saturated carbocycles. The fourth-order valence-electron chi connectivity index (χ4n) is 4.54. The minimum absolute atomic E-state index is 0.0154. The number of nitrogens with zero attached hydrogens (tertiary/aromatic N) is 3. The van der Waals surface area contributed by atoms with Gasteiger partial charge in [-0.25, -0.2) is 4.79 Å². The van der Waals surface area contributed by atoms with E-state index in [2.05, 4.69) is 6.92 Å². The number of hydrogen-bond donors (Lipinski definition) is 1. The average Bonchev–Trinajstić information content (AvgIpc) is 3.32. The molecule has 0 fully saturated rings. The van der Waals surface area contributed by atoms with Crippen LogP contribution in [0, 0.1) is 0 Å². The zero-order valence-electron chi connectivity index (χ0n) is 20.3. The summed E-state index contributed by atoms with van der Waals surface area (Å²) in [4.78, 5) is 38.8. The first-order chi connectivity index (χ1) is 17.4. The zero-order chi connectivity index (χ0) is 25.7. The van der Waals surface area contributed by atoms with Crippen molar-refractivity contribution in [3.63, 3.8) is 0 Å². The number of rotatable bonds is 11. The highest BCUT2D eigenvalue weighted by molar-refractivity contribution is 6.30. The number of aromatic nitrogens is 2. The number of benzene rings is 2. The number of hydrogen-bond acceptors (Lipinski definition) is 4. The number of carboxylic acid groups (broad SMARTS) is 1. The Labute approximate surface area is 215 Å². The van der Waals surface area contributed by atoms with Gasteiger partial charge in [-0.15, -0.1) is 0 Å². The molecule has 0 aliphatic carbocycles. The Morgan fingerprint density at radius 2 is 1.81 bits per heavy atom. The topological polar surface area (TPSA) is 92.5 Å². The maximum absolute atomic E-state index is 13.3. The van der Waals surface area contributed by atoms with Crippen LogP contribution in [0.1, 0.15) is 71.5 Å². The van der Waals surface area contributed by atoms with Crippen molar-refractivity contribution in [1.82, 2.24) is 14.7 Å². The number of amides is 1. The number of halogens is 1. The van der Waals surface area contributed by atoms with E-state index in [1.165, 1.54) is 12.1 Å². The summed E-state index contributed by atoms with van der Waals surface area (Å²) in [6.07, 6.45) is 4.90. The van der Waals surface area contributed by atoms with Gasteiger partial charge >= 0.3 is 5.97 Å². The molecule has 2 heterocycles. The molecule has 1 aliphatic heterocycles. The molecule has 2 aromatic carbocycles. The van der Waals surface area contributed by atoms with Crippen molar-refractivity contribution in [3.8, 4) is 11.3 Å². The minimum Gasteiger partial charge on any atom is -0.478 e. The predicted molar refractivity (Wildman–Crippen MR) is 138 cm³/mol. The number of carbonyl (C=O) groups is 3. The van der Waals surface area contributed by atoms with Gasteiger partial charge in [-0.05, 0) is 48.7 Å². The molecule has 1 amide bonds.